The average Bonchev–Trinajstić information content (AvgIpc) is 2.93. The van der Waals surface area contributed by atoms with Crippen molar-refractivity contribution < 1.29 is 9.84 Å². The van der Waals surface area contributed by atoms with Crippen LogP contribution in [0.2, 0.25) is 0 Å². The molecule has 0 spiro atoms. The number of aliphatic hydroxyl groups excluding tert-OH is 1. The molecule has 8 heteroatoms. The van der Waals surface area contributed by atoms with Crippen molar-refractivity contribution >= 4 is 17.5 Å². The van der Waals surface area contributed by atoms with Gasteiger partial charge in [-0.15, -0.1) is 0 Å². The molecule has 98 valence electrons. The zero-order valence-corrected chi connectivity index (χ0v) is 9.72. The average molecular weight is 253 g/mol. The van der Waals surface area contributed by atoms with E-state index in [0.717, 1.165) is 12.8 Å². The van der Waals surface area contributed by atoms with Crippen LogP contribution in [0.25, 0.3) is 0 Å². The first-order valence-corrected chi connectivity index (χ1v) is 5.85. The second kappa shape index (κ2) is 4.14. The van der Waals surface area contributed by atoms with E-state index in [9.17, 15) is 4.79 Å². The van der Waals surface area contributed by atoms with Crippen molar-refractivity contribution in [2.75, 3.05) is 29.2 Å². The molecular weight excluding hydrogens is 238 g/mol. The summed E-state index contributed by atoms with van der Waals surface area (Å²) in [5, 5.41) is 12.0. The molecule has 0 amide bonds. The van der Waals surface area contributed by atoms with Gasteiger partial charge < -0.3 is 25.8 Å². The number of aromatic amines is 1. The molecule has 2 aliphatic heterocycles. The Bertz CT molecular complexity index is 517. The first-order valence-electron chi connectivity index (χ1n) is 5.85. The molecular formula is C10H15N5O3. The van der Waals surface area contributed by atoms with Gasteiger partial charge in [0.15, 0.2) is 5.82 Å². The minimum Gasteiger partial charge on any atom is -0.394 e. The van der Waals surface area contributed by atoms with E-state index < -0.39 is 0 Å². The zero-order valence-electron chi connectivity index (χ0n) is 9.72. The smallest absolute Gasteiger partial charge is 0.277 e. The van der Waals surface area contributed by atoms with Crippen molar-refractivity contribution in [3.63, 3.8) is 0 Å². The minimum absolute atomic E-state index is 0.00949. The van der Waals surface area contributed by atoms with Gasteiger partial charge in [-0.1, -0.05) is 0 Å². The third-order valence-corrected chi connectivity index (χ3v) is 3.25. The number of nitrogens with one attached hydrogen (secondary N) is 2. The van der Waals surface area contributed by atoms with Crippen LogP contribution in [0.3, 0.4) is 0 Å². The number of nitrogens with zero attached hydrogens (tertiary/aromatic N) is 2. The lowest BCUT2D eigenvalue weighted by atomic mass is 10.2. The van der Waals surface area contributed by atoms with E-state index in [2.05, 4.69) is 15.3 Å². The molecule has 18 heavy (non-hydrogen) atoms. The fraction of sp³-hybridized carbons (Fsp3) is 0.600. The number of ether oxygens (including phenoxy) is 1. The van der Waals surface area contributed by atoms with Gasteiger partial charge in [0.1, 0.15) is 11.9 Å². The Balaban J connectivity index is 1.89. The Morgan fingerprint density at radius 1 is 1.56 bits per heavy atom. The zero-order chi connectivity index (χ0) is 12.7. The number of anilines is 3. The van der Waals surface area contributed by atoms with E-state index in [-0.39, 0.29) is 30.4 Å². The molecule has 0 saturated carbocycles. The highest BCUT2D eigenvalue weighted by Gasteiger charge is 2.35. The lowest BCUT2D eigenvalue weighted by Crippen LogP contribution is -2.36. The second-order valence-corrected chi connectivity index (χ2v) is 4.43. The molecule has 1 aromatic heterocycles. The van der Waals surface area contributed by atoms with Crippen LogP contribution in [0.1, 0.15) is 12.8 Å². The minimum atomic E-state index is -0.281. The van der Waals surface area contributed by atoms with E-state index in [1.165, 1.54) is 0 Å². The topological polar surface area (TPSA) is 116 Å². The molecule has 2 aliphatic rings. The van der Waals surface area contributed by atoms with E-state index in [1.54, 1.807) is 0 Å². The van der Waals surface area contributed by atoms with Crippen molar-refractivity contribution in [1.29, 1.82) is 0 Å². The summed E-state index contributed by atoms with van der Waals surface area (Å²) < 4.78 is 5.67. The third-order valence-electron chi connectivity index (χ3n) is 3.25. The molecule has 8 nitrogen and oxygen atoms in total. The van der Waals surface area contributed by atoms with Crippen LogP contribution in [-0.4, -0.2) is 40.7 Å². The van der Waals surface area contributed by atoms with Crippen molar-refractivity contribution in [2.24, 2.45) is 0 Å². The lowest BCUT2D eigenvalue weighted by Gasteiger charge is -2.24. The number of hydrogen-bond donors (Lipinski definition) is 4. The molecule has 1 aromatic rings. The van der Waals surface area contributed by atoms with Crippen LogP contribution < -0.4 is 21.5 Å². The van der Waals surface area contributed by atoms with Crippen LogP contribution in [0.5, 0.6) is 0 Å². The normalized spacial score (nSPS) is 26.2. The largest absolute Gasteiger partial charge is 0.394 e. The van der Waals surface area contributed by atoms with Crippen LogP contribution in [-0.2, 0) is 4.74 Å². The Hall–Kier alpha value is -1.80. The van der Waals surface area contributed by atoms with Gasteiger partial charge in [0.25, 0.3) is 5.56 Å². The summed E-state index contributed by atoms with van der Waals surface area (Å²) in [7, 11) is 0. The van der Waals surface area contributed by atoms with Crippen LogP contribution in [0.15, 0.2) is 4.79 Å². The maximum absolute atomic E-state index is 11.7. The van der Waals surface area contributed by atoms with Gasteiger partial charge in [-0.05, 0) is 12.8 Å². The molecule has 1 fully saturated rings. The highest BCUT2D eigenvalue weighted by atomic mass is 16.5. The highest BCUT2D eigenvalue weighted by molar-refractivity contribution is 5.70. The van der Waals surface area contributed by atoms with Crippen molar-refractivity contribution in [3.05, 3.63) is 10.4 Å². The number of H-pyrrole nitrogens is 1. The van der Waals surface area contributed by atoms with Crippen LogP contribution >= 0.6 is 0 Å². The fourth-order valence-electron chi connectivity index (χ4n) is 2.37. The molecule has 2 atom stereocenters. The Kier molecular flexibility index (Phi) is 2.60. The molecule has 3 rings (SSSR count). The highest BCUT2D eigenvalue weighted by Crippen LogP contribution is 2.32. The number of rotatable bonds is 2. The van der Waals surface area contributed by atoms with Crippen molar-refractivity contribution in [3.8, 4) is 0 Å². The van der Waals surface area contributed by atoms with Gasteiger partial charge in [-0.25, -0.2) is 0 Å². The first kappa shape index (κ1) is 11.3. The van der Waals surface area contributed by atoms with E-state index in [0.29, 0.717) is 18.2 Å². The van der Waals surface area contributed by atoms with Gasteiger partial charge in [0.2, 0.25) is 5.95 Å². The van der Waals surface area contributed by atoms with Gasteiger partial charge in [0, 0.05) is 0 Å². The summed E-state index contributed by atoms with van der Waals surface area (Å²) >= 11 is 0. The number of hydrogen-bond acceptors (Lipinski definition) is 7. The first-order chi connectivity index (χ1) is 8.69. The second-order valence-electron chi connectivity index (χ2n) is 4.43. The summed E-state index contributed by atoms with van der Waals surface area (Å²) in [6.45, 7) is 0.466. The lowest BCUT2D eigenvalue weighted by molar-refractivity contribution is 0.0115. The Labute approximate surface area is 103 Å². The van der Waals surface area contributed by atoms with Gasteiger partial charge in [-0.3, -0.25) is 9.78 Å². The number of aliphatic hydroxyl groups is 1. The predicted octanol–water partition coefficient (Wildman–Crippen LogP) is -0.961. The van der Waals surface area contributed by atoms with Crippen LogP contribution in [0, 0.1) is 0 Å². The molecule has 3 heterocycles. The van der Waals surface area contributed by atoms with Gasteiger partial charge in [-0.2, -0.15) is 4.98 Å². The summed E-state index contributed by atoms with van der Waals surface area (Å²) in [5.74, 6) is 0.601. The fourth-order valence-corrected chi connectivity index (χ4v) is 2.37. The maximum atomic E-state index is 11.7. The quantitative estimate of drug-likeness (QED) is 0.536. The number of nitrogen functional groups attached to an aromatic ring is 1. The molecule has 1 saturated heterocycles. The molecule has 0 aliphatic carbocycles. The maximum Gasteiger partial charge on any atom is 0.277 e. The summed E-state index contributed by atoms with van der Waals surface area (Å²) in [4.78, 5) is 20.1. The third kappa shape index (κ3) is 1.70. The van der Waals surface area contributed by atoms with Gasteiger partial charge in [0.05, 0.1) is 19.4 Å². The van der Waals surface area contributed by atoms with Gasteiger partial charge >= 0.3 is 0 Å². The molecule has 0 aromatic carbocycles. The Morgan fingerprint density at radius 2 is 2.39 bits per heavy atom. The predicted molar refractivity (Wildman–Crippen MR) is 65.2 cm³/mol. The molecule has 5 N–H and O–H groups in total. The summed E-state index contributed by atoms with van der Waals surface area (Å²) in [6, 6.07) is 0. The summed E-state index contributed by atoms with van der Waals surface area (Å²) in [5.41, 5.74) is 5.68. The number of fused-ring (bicyclic) bond motifs is 1. The SMILES string of the molecule is Nc1nc2c(c(=O)[nH]1)NCN2C1CC[C@@H](CO)O1. The number of nitrogens with two attached hydrogens (primary N) is 1. The van der Waals surface area contributed by atoms with E-state index in [4.69, 9.17) is 15.6 Å². The van der Waals surface area contributed by atoms with Crippen LogP contribution in [0.4, 0.5) is 17.5 Å². The standard InChI is InChI=1S/C10H15N5O3/c11-10-13-8-7(9(17)14-10)12-4-15(8)6-2-1-5(3-16)18-6/h5-6,12,16H,1-4H2,(H3,11,13,14,17)/t5-,6?/m0/s1. The van der Waals surface area contributed by atoms with Crippen molar-refractivity contribution in [1.82, 2.24) is 9.97 Å². The van der Waals surface area contributed by atoms with E-state index >= 15 is 0 Å². The Morgan fingerprint density at radius 3 is 3.11 bits per heavy atom. The van der Waals surface area contributed by atoms with E-state index in [1.807, 2.05) is 4.90 Å². The van der Waals surface area contributed by atoms with Crippen molar-refractivity contribution in [2.45, 2.75) is 25.2 Å². The molecule has 1 unspecified atom stereocenters. The molecule has 0 radical (unpaired) electrons. The molecule has 0 bridgehead atoms. The number of aromatic nitrogens is 2. The summed E-state index contributed by atoms with van der Waals surface area (Å²) in [6.07, 6.45) is 1.27. The monoisotopic (exact) mass is 253 g/mol.